The molecule has 1 atom stereocenters. The zero-order valence-electron chi connectivity index (χ0n) is 13.7. The maximum atomic E-state index is 12.8. The van der Waals surface area contributed by atoms with Gasteiger partial charge in [0.1, 0.15) is 13.1 Å². The first-order chi connectivity index (χ1) is 10.7. The van der Waals surface area contributed by atoms with Gasteiger partial charge in [-0.05, 0) is 30.5 Å². The summed E-state index contributed by atoms with van der Waals surface area (Å²) in [5.74, 6) is 1.69. The summed E-state index contributed by atoms with van der Waals surface area (Å²) >= 11 is 0. The van der Waals surface area contributed by atoms with Gasteiger partial charge >= 0.3 is 0 Å². The van der Waals surface area contributed by atoms with Gasteiger partial charge in [0.2, 0.25) is 0 Å². The number of ether oxygens (including phenoxy) is 3. The van der Waals surface area contributed by atoms with Gasteiger partial charge in [0.05, 0.1) is 39.9 Å². The van der Waals surface area contributed by atoms with E-state index in [9.17, 15) is 4.79 Å². The van der Waals surface area contributed by atoms with Crippen molar-refractivity contribution in [3.63, 3.8) is 0 Å². The number of hydrogen-bond donors (Lipinski definition) is 1. The van der Waals surface area contributed by atoms with E-state index in [1.807, 2.05) is 12.1 Å². The molecule has 6 heteroatoms. The standard InChI is InChI=1S/C17H23NO4.ClH/c1-20-15-9-12-3-4-13(11-18-5-7-22-8-6-18)17(19)14(12)10-16(15)21-2;/h9-10,13H,3-8,11H2,1-2H3;1H. The molecule has 1 unspecified atom stereocenters. The van der Waals surface area contributed by atoms with Crippen LogP contribution in [0.1, 0.15) is 22.3 Å². The van der Waals surface area contributed by atoms with Crippen molar-refractivity contribution in [1.82, 2.24) is 0 Å². The Kier molecular flexibility index (Phi) is 6.27. The van der Waals surface area contributed by atoms with E-state index < -0.39 is 0 Å². The molecule has 3 rings (SSSR count). The molecule has 128 valence electrons. The summed E-state index contributed by atoms with van der Waals surface area (Å²) in [5.41, 5.74) is 1.89. The lowest BCUT2D eigenvalue weighted by Gasteiger charge is -2.30. The first-order valence-electron chi connectivity index (χ1n) is 7.93. The van der Waals surface area contributed by atoms with Crippen LogP contribution in [0.2, 0.25) is 0 Å². The van der Waals surface area contributed by atoms with Gasteiger partial charge in [-0.1, -0.05) is 0 Å². The maximum absolute atomic E-state index is 12.8. The van der Waals surface area contributed by atoms with Crippen LogP contribution in [0, 0.1) is 5.92 Å². The molecule has 2 aliphatic rings. The third kappa shape index (κ3) is 3.79. The summed E-state index contributed by atoms with van der Waals surface area (Å²) in [6.07, 6.45) is 1.85. The van der Waals surface area contributed by atoms with Gasteiger partial charge < -0.3 is 31.5 Å². The maximum Gasteiger partial charge on any atom is 0.171 e. The van der Waals surface area contributed by atoms with Crippen molar-refractivity contribution in [1.29, 1.82) is 0 Å². The Labute approximate surface area is 143 Å². The monoisotopic (exact) mass is 341 g/mol. The number of carbonyl (C=O) groups excluding carboxylic acids is 1. The molecule has 5 nitrogen and oxygen atoms in total. The van der Waals surface area contributed by atoms with Crippen LogP contribution in [-0.4, -0.2) is 52.9 Å². The Bertz CT molecular complexity index is 558. The molecule has 1 heterocycles. The number of Topliss-reactive ketones (excluding diaryl/α,β-unsaturated/α-hetero) is 1. The topological polar surface area (TPSA) is 49.2 Å². The second kappa shape index (κ2) is 7.99. The Morgan fingerprint density at radius 2 is 1.83 bits per heavy atom. The summed E-state index contributed by atoms with van der Waals surface area (Å²) in [6.45, 7) is 4.52. The number of halogens is 1. The molecule has 0 saturated carbocycles. The molecule has 1 aliphatic heterocycles. The summed E-state index contributed by atoms with van der Waals surface area (Å²) in [5, 5.41) is 0. The first kappa shape index (κ1) is 18.0. The van der Waals surface area contributed by atoms with Crippen molar-refractivity contribution in [2.75, 3.05) is 47.1 Å². The normalized spacial score (nSPS) is 21.3. The summed E-state index contributed by atoms with van der Waals surface area (Å²) < 4.78 is 16.1. The number of hydrogen-bond acceptors (Lipinski definition) is 4. The number of morpholine rings is 1. The van der Waals surface area contributed by atoms with E-state index in [1.54, 1.807) is 14.2 Å². The van der Waals surface area contributed by atoms with Gasteiger partial charge in [-0.15, -0.1) is 0 Å². The highest BCUT2D eigenvalue weighted by Gasteiger charge is 2.32. The zero-order valence-corrected chi connectivity index (χ0v) is 14.4. The fourth-order valence-corrected chi connectivity index (χ4v) is 3.45. The minimum Gasteiger partial charge on any atom is -1.00 e. The van der Waals surface area contributed by atoms with Crippen LogP contribution in [0.3, 0.4) is 0 Å². The van der Waals surface area contributed by atoms with Crippen LogP contribution in [0.25, 0.3) is 0 Å². The fraction of sp³-hybridized carbons (Fsp3) is 0.588. The molecule has 1 aromatic rings. The lowest BCUT2D eigenvalue weighted by Crippen LogP contribution is -3.14. The molecule has 1 saturated heterocycles. The van der Waals surface area contributed by atoms with Crippen LogP contribution < -0.4 is 26.8 Å². The number of carbonyl (C=O) groups is 1. The van der Waals surface area contributed by atoms with E-state index in [1.165, 1.54) is 4.90 Å². The molecular formula is C17H24ClNO4. The smallest absolute Gasteiger partial charge is 0.171 e. The molecule has 0 bridgehead atoms. The molecule has 0 amide bonds. The molecule has 1 aliphatic carbocycles. The number of quaternary nitrogens is 1. The number of rotatable bonds is 4. The predicted molar refractivity (Wildman–Crippen MR) is 82.1 cm³/mol. The van der Waals surface area contributed by atoms with E-state index >= 15 is 0 Å². The number of nitrogens with one attached hydrogen (secondary N) is 1. The molecule has 1 aromatic carbocycles. The second-order valence-electron chi connectivity index (χ2n) is 6.03. The Morgan fingerprint density at radius 1 is 1.17 bits per heavy atom. The highest BCUT2D eigenvalue weighted by molar-refractivity contribution is 6.01. The molecular weight excluding hydrogens is 318 g/mol. The molecule has 0 spiro atoms. The number of methoxy groups -OCH3 is 2. The fourth-order valence-electron chi connectivity index (χ4n) is 3.45. The lowest BCUT2D eigenvalue weighted by atomic mass is 9.82. The number of fused-ring (bicyclic) bond motifs is 1. The minimum atomic E-state index is 0. The van der Waals surface area contributed by atoms with Crippen LogP contribution in [0.4, 0.5) is 0 Å². The highest BCUT2D eigenvalue weighted by atomic mass is 35.5. The van der Waals surface area contributed by atoms with Crippen molar-refractivity contribution in [3.8, 4) is 11.5 Å². The number of aryl methyl sites for hydroxylation is 1. The van der Waals surface area contributed by atoms with Crippen LogP contribution >= 0.6 is 0 Å². The lowest BCUT2D eigenvalue weighted by molar-refractivity contribution is -0.910. The van der Waals surface area contributed by atoms with E-state index in [4.69, 9.17) is 14.2 Å². The van der Waals surface area contributed by atoms with Gasteiger partial charge in [0.15, 0.2) is 17.3 Å². The Balaban J connectivity index is 0.00000192. The van der Waals surface area contributed by atoms with Crippen molar-refractivity contribution < 1.29 is 36.3 Å². The second-order valence-corrected chi connectivity index (χ2v) is 6.03. The van der Waals surface area contributed by atoms with Crippen LogP contribution in [0.5, 0.6) is 11.5 Å². The molecule has 1 N–H and O–H groups in total. The number of benzene rings is 1. The minimum absolute atomic E-state index is 0. The predicted octanol–water partition coefficient (Wildman–Crippen LogP) is -2.63. The summed E-state index contributed by atoms with van der Waals surface area (Å²) in [4.78, 5) is 14.3. The Morgan fingerprint density at radius 3 is 2.48 bits per heavy atom. The van der Waals surface area contributed by atoms with Crippen molar-refractivity contribution in [2.45, 2.75) is 12.8 Å². The summed E-state index contributed by atoms with van der Waals surface area (Å²) in [7, 11) is 3.23. The van der Waals surface area contributed by atoms with Crippen LogP contribution in [-0.2, 0) is 11.2 Å². The molecule has 23 heavy (non-hydrogen) atoms. The van der Waals surface area contributed by atoms with Crippen molar-refractivity contribution >= 4 is 5.78 Å². The number of ketones is 1. The first-order valence-corrected chi connectivity index (χ1v) is 7.93. The van der Waals surface area contributed by atoms with E-state index in [0.717, 1.165) is 56.8 Å². The highest BCUT2D eigenvalue weighted by Crippen LogP contribution is 2.35. The van der Waals surface area contributed by atoms with E-state index in [-0.39, 0.29) is 24.1 Å². The van der Waals surface area contributed by atoms with Gasteiger partial charge in [-0.2, -0.15) is 0 Å². The average molecular weight is 342 g/mol. The summed E-state index contributed by atoms with van der Waals surface area (Å²) in [6, 6.07) is 3.79. The molecule has 0 aromatic heterocycles. The van der Waals surface area contributed by atoms with E-state index in [0.29, 0.717) is 11.5 Å². The largest absolute Gasteiger partial charge is 1.00 e. The third-order valence-electron chi connectivity index (χ3n) is 4.74. The van der Waals surface area contributed by atoms with Crippen LogP contribution in [0.15, 0.2) is 12.1 Å². The van der Waals surface area contributed by atoms with Gasteiger partial charge in [0, 0.05) is 5.56 Å². The van der Waals surface area contributed by atoms with E-state index in [2.05, 4.69) is 0 Å². The quantitative estimate of drug-likeness (QED) is 0.651. The van der Waals surface area contributed by atoms with Gasteiger partial charge in [-0.25, -0.2) is 0 Å². The Hall–Kier alpha value is -1.30. The molecule has 0 radical (unpaired) electrons. The third-order valence-corrected chi connectivity index (χ3v) is 4.74. The zero-order chi connectivity index (χ0) is 15.5. The van der Waals surface area contributed by atoms with Gasteiger partial charge in [-0.3, -0.25) is 4.79 Å². The molecule has 1 fully saturated rings. The SMILES string of the molecule is COc1cc2c(cc1OC)C(=O)C(C[NH+]1CCOCC1)CC2.[Cl-]. The van der Waals surface area contributed by atoms with Gasteiger partial charge in [0.25, 0.3) is 0 Å². The van der Waals surface area contributed by atoms with Crippen molar-refractivity contribution in [3.05, 3.63) is 23.3 Å². The average Bonchev–Trinajstić information content (AvgIpc) is 2.57. The van der Waals surface area contributed by atoms with Crippen molar-refractivity contribution in [2.24, 2.45) is 5.92 Å².